The van der Waals surface area contributed by atoms with Crippen LogP contribution in [0.25, 0.3) is 0 Å². The molecule has 0 aliphatic rings. The lowest BCUT2D eigenvalue weighted by Gasteiger charge is -2.28. The van der Waals surface area contributed by atoms with Gasteiger partial charge < -0.3 is 10.2 Å². The Morgan fingerprint density at radius 2 is 1.85 bits per heavy atom. The van der Waals surface area contributed by atoms with Crippen LogP contribution < -0.4 is 5.32 Å². The number of nitrogens with one attached hydrogen (secondary N) is 1. The monoisotopic (exact) mass is 448 g/mol. The molecule has 2 amide bonds. The molecule has 2 rings (SSSR count). The predicted molar refractivity (Wildman–Crippen MR) is 116 cm³/mol. The van der Waals surface area contributed by atoms with E-state index in [-0.39, 0.29) is 11.8 Å². The lowest BCUT2D eigenvalue weighted by molar-refractivity contribution is -0.138. The van der Waals surface area contributed by atoms with Gasteiger partial charge in [-0.1, -0.05) is 57.9 Å². The van der Waals surface area contributed by atoms with Crippen molar-refractivity contribution in [3.8, 4) is 0 Å². The second-order valence-electron chi connectivity index (χ2n) is 6.42. The number of carbonyl (C=O) groups is 2. The summed E-state index contributed by atoms with van der Waals surface area (Å²) in [7, 11) is 1.59. The molecular formula is C21H25BrN2O2S. The van der Waals surface area contributed by atoms with Gasteiger partial charge in [-0.15, -0.1) is 11.8 Å². The van der Waals surface area contributed by atoms with Crippen LogP contribution in [0.4, 0.5) is 0 Å². The molecule has 0 unspecified atom stereocenters. The smallest absolute Gasteiger partial charge is 0.242 e. The standard InChI is InChI=1S/C21H25BrN2O2S/c1-15-7-9-17(10-8-15)13-27-14-20(25)24(16(2)21(26)23-3)12-18-5-4-6-19(22)11-18/h4-11,16H,12-14H2,1-3H3,(H,23,26)/t16-/m1/s1. The van der Waals surface area contributed by atoms with Crippen molar-refractivity contribution in [3.63, 3.8) is 0 Å². The van der Waals surface area contributed by atoms with Crippen LogP contribution in [-0.4, -0.2) is 35.6 Å². The Hall–Kier alpha value is -1.79. The second kappa shape index (κ2) is 10.5. The van der Waals surface area contributed by atoms with Crippen molar-refractivity contribution in [2.75, 3.05) is 12.8 Å². The Bertz CT molecular complexity index is 780. The Labute approximate surface area is 173 Å². The number of aryl methyl sites for hydroxylation is 1. The molecule has 0 heterocycles. The molecule has 0 saturated heterocycles. The van der Waals surface area contributed by atoms with Crippen LogP contribution in [0.2, 0.25) is 0 Å². The second-order valence-corrected chi connectivity index (χ2v) is 8.32. The number of benzene rings is 2. The molecule has 1 atom stereocenters. The summed E-state index contributed by atoms with van der Waals surface area (Å²) < 4.78 is 0.953. The van der Waals surface area contributed by atoms with E-state index >= 15 is 0 Å². The van der Waals surface area contributed by atoms with Crippen LogP contribution in [0, 0.1) is 6.92 Å². The minimum atomic E-state index is -0.526. The van der Waals surface area contributed by atoms with Crippen molar-refractivity contribution < 1.29 is 9.59 Å². The third kappa shape index (κ3) is 6.70. The summed E-state index contributed by atoms with van der Waals surface area (Å²) in [6, 6.07) is 15.6. The Morgan fingerprint density at radius 3 is 2.48 bits per heavy atom. The molecule has 0 aliphatic carbocycles. The number of likely N-dealkylation sites (N-methyl/N-ethyl adjacent to an activating group) is 1. The summed E-state index contributed by atoms with van der Waals surface area (Å²) in [4.78, 5) is 26.6. The van der Waals surface area contributed by atoms with Crippen LogP contribution >= 0.6 is 27.7 Å². The highest BCUT2D eigenvalue weighted by atomic mass is 79.9. The zero-order valence-corrected chi connectivity index (χ0v) is 18.3. The summed E-state index contributed by atoms with van der Waals surface area (Å²) in [5, 5.41) is 2.64. The number of nitrogens with zero attached hydrogens (tertiary/aromatic N) is 1. The zero-order chi connectivity index (χ0) is 19.8. The molecule has 144 valence electrons. The van der Waals surface area contributed by atoms with Crippen LogP contribution in [0.5, 0.6) is 0 Å². The quantitative estimate of drug-likeness (QED) is 0.659. The minimum absolute atomic E-state index is 0.0387. The zero-order valence-electron chi connectivity index (χ0n) is 15.9. The number of carbonyl (C=O) groups excluding carboxylic acids is 2. The number of rotatable bonds is 8. The summed E-state index contributed by atoms with van der Waals surface area (Å²) in [5.41, 5.74) is 3.40. The highest BCUT2D eigenvalue weighted by Gasteiger charge is 2.25. The minimum Gasteiger partial charge on any atom is -0.357 e. The first-order valence-electron chi connectivity index (χ1n) is 8.79. The van der Waals surface area contributed by atoms with Gasteiger partial charge in [0.15, 0.2) is 0 Å². The van der Waals surface area contributed by atoms with Gasteiger partial charge in [0.25, 0.3) is 0 Å². The van der Waals surface area contributed by atoms with Gasteiger partial charge in [0.2, 0.25) is 11.8 Å². The fourth-order valence-electron chi connectivity index (χ4n) is 2.65. The molecule has 2 aromatic carbocycles. The maximum absolute atomic E-state index is 12.9. The van der Waals surface area contributed by atoms with Crippen molar-refractivity contribution in [2.45, 2.75) is 32.2 Å². The van der Waals surface area contributed by atoms with E-state index in [4.69, 9.17) is 0 Å². The molecule has 6 heteroatoms. The molecule has 0 aromatic heterocycles. The van der Waals surface area contributed by atoms with Crippen LogP contribution in [0.15, 0.2) is 53.0 Å². The first kappa shape index (κ1) is 21.5. The molecule has 27 heavy (non-hydrogen) atoms. The van der Waals surface area contributed by atoms with E-state index in [0.717, 1.165) is 15.8 Å². The number of hydrogen-bond acceptors (Lipinski definition) is 3. The molecular weight excluding hydrogens is 424 g/mol. The molecule has 0 aliphatic heterocycles. The topological polar surface area (TPSA) is 49.4 Å². The maximum Gasteiger partial charge on any atom is 0.242 e. The van der Waals surface area contributed by atoms with E-state index in [0.29, 0.717) is 12.3 Å². The highest BCUT2D eigenvalue weighted by molar-refractivity contribution is 9.10. The molecule has 0 fully saturated rings. The van der Waals surface area contributed by atoms with Gasteiger partial charge >= 0.3 is 0 Å². The van der Waals surface area contributed by atoms with Crippen LogP contribution in [-0.2, 0) is 21.9 Å². The number of hydrogen-bond donors (Lipinski definition) is 1. The Kier molecular flexibility index (Phi) is 8.38. The predicted octanol–water partition coefficient (Wildman–Crippen LogP) is 4.15. The van der Waals surface area contributed by atoms with Crippen molar-refractivity contribution in [3.05, 3.63) is 69.7 Å². The van der Waals surface area contributed by atoms with Gasteiger partial charge in [0.05, 0.1) is 5.75 Å². The van der Waals surface area contributed by atoms with Crippen LogP contribution in [0.3, 0.4) is 0 Å². The van der Waals surface area contributed by atoms with Gasteiger partial charge in [0.1, 0.15) is 6.04 Å². The van der Waals surface area contributed by atoms with Crippen LogP contribution in [0.1, 0.15) is 23.6 Å². The van der Waals surface area contributed by atoms with E-state index in [1.54, 1.807) is 30.6 Å². The first-order valence-corrected chi connectivity index (χ1v) is 10.7. The Balaban J connectivity index is 2.03. The van der Waals surface area contributed by atoms with E-state index in [9.17, 15) is 9.59 Å². The van der Waals surface area contributed by atoms with E-state index in [2.05, 4.69) is 52.4 Å². The third-order valence-corrected chi connectivity index (χ3v) is 5.75. The SMILES string of the molecule is CNC(=O)[C@@H](C)N(Cc1cccc(Br)c1)C(=O)CSCc1ccc(C)cc1. The number of amides is 2. The summed E-state index contributed by atoms with van der Waals surface area (Å²) in [5.74, 6) is 0.902. The lowest BCUT2D eigenvalue weighted by atomic mass is 10.1. The van der Waals surface area contributed by atoms with E-state index < -0.39 is 6.04 Å². The van der Waals surface area contributed by atoms with Gasteiger partial charge in [-0.3, -0.25) is 9.59 Å². The van der Waals surface area contributed by atoms with Crippen molar-refractivity contribution >= 4 is 39.5 Å². The molecule has 1 N–H and O–H groups in total. The molecule has 2 aromatic rings. The highest BCUT2D eigenvalue weighted by Crippen LogP contribution is 2.18. The normalized spacial score (nSPS) is 11.7. The molecule has 0 saturated carbocycles. The summed E-state index contributed by atoms with van der Waals surface area (Å²) in [6.45, 7) is 4.22. The molecule has 0 bridgehead atoms. The van der Waals surface area contributed by atoms with Gasteiger partial charge in [-0.05, 0) is 37.1 Å². The molecule has 0 radical (unpaired) electrons. The average Bonchev–Trinajstić information content (AvgIpc) is 2.66. The first-order chi connectivity index (χ1) is 12.9. The fraction of sp³-hybridized carbons (Fsp3) is 0.333. The molecule has 0 spiro atoms. The van der Waals surface area contributed by atoms with Gasteiger partial charge in [0, 0.05) is 23.8 Å². The van der Waals surface area contributed by atoms with E-state index in [1.807, 2.05) is 24.3 Å². The van der Waals surface area contributed by atoms with Gasteiger partial charge in [-0.25, -0.2) is 0 Å². The average molecular weight is 449 g/mol. The van der Waals surface area contributed by atoms with Crippen molar-refractivity contribution in [1.29, 1.82) is 0 Å². The van der Waals surface area contributed by atoms with Crippen molar-refractivity contribution in [1.82, 2.24) is 10.2 Å². The summed E-state index contributed by atoms with van der Waals surface area (Å²) >= 11 is 5.02. The fourth-order valence-corrected chi connectivity index (χ4v) is 3.96. The third-order valence-electron chi connectivity index (χ3n) is 4.27. The number of halogens is 1. The van der Waals surface area contributed by atoms with Crippen molar-refractivity contribution in [2.24, 2.45) is 0 Å². The van der Waals surface area contributed by atoms with Gasteiger partial charge in [-0.2, -0.15) is 0 Å². The maximum atomic E-state index is 12.9. The summed E-state index contributed by atoms with van der Waals surface area (Å²) in [6.07, 6.45) is 0. The van der Waals surface area contributed by atoms with E-state index in [1.165, 1.54) is 11.1 Å². The number of thioether (sulfide) groups is 1. The Morgan fingerprint density at radius 1 is 1.15 bits per heavy atom. The molecule has 4 nitrogen and oxygen atoms in total. The lowest BCUT2D eigenvalue weighted by Crippen LogP contribution is -2.47. The largest absolute Gasteiger partial charge is 0.357 e.